The van der Waals surface area contributed by atoms with Gasteiger partial charge in [-0.15, -0.1) is 0 Å². The normalized spacial score (nSPS) is 16.2. The molecular weight excluding hydrogens is 436 g/mol. The summed E-state index contributed by atoms with van der Waals surface area (Å²) in [5.41, 5.74) is 6.41. The number of rotatable bonds is 12. The molecule has 0 saturated carbocycles. The first-order valence-corrected chi connectivity index (χ1v) is 12.7. The van der Waals surface area contributed by atoms with Gasteiger partial charge in [-0.1, -0.05) is 13.0 Å². The van der Waals surface area contributed by atoms with E-state index >= 15 is 0 Å². The molecular formula is C25H38N4O3S. The molecule has 7 nitrogen and oxygen atoms in total. The Morgan fingerprint density at radius 1 is 1.21 bits per heavy atom. The molecule has 8 heteroatoms. The summed E-state index contributed by atoms with van der Waals surface area (Å²) in [6.45, 7) is 5.81. The number of urea groups is 1. The number of aryl methyl sites for hydroxylation is 2. The third kappa shape index (κ3) is 6.98. The predicted molar refractivity (Wildman–Crippen MR) is 136 cm³/mol. The lowest BCUT2D eigenvalue weighted by molar-refractivity contribution is -0.00430. The van der Waals surface area contributed by atoms with Crippen molar-refractivity contribution >= 4 is 29.9 Å². The summed E-state index contributed by atoms with van der Waals surface area (Å²) >= 11 is 1.11. The molecule has 0 saturated heterocycles. The molecule has 2 aliphatic carbocycles. The van der Waals surface area contributed by atoms with Crippen LogP contribution in [-0.4, -0.2) is 57.1 Å². The van der Waals surface area contributed by atoms with E-state index in [4.69, 9.17) is 14.9 Å². The first-order valence-electron chi connectivity index (χ1n) is 11.9. The number of ether oxygens (including phenoxy) is 2. The fraction of sp³-hybridized carbons (Fsp3) is 0.600. The zero-order chi connectivity index (χ0) is 23.8. The number of allylic oxidation sites excluding steroid dienone is 2. The SMILES string of the molecule is CCC(CO/C(C)=C(/C=N)SNC(=O)Nc1c2c(cc3c1CCC3)CCC2)OCCN(C)C. The lowest BCUT2D eigenvalue weighted by Gasteiger charge is -2.19. The molecule has 1 aromatic carbocycles. The average molecular weight is 475 g/mol. The van der Waals surface area contributed by atoms with Gasteiger partial charge in [0, 0.05) is 18.4 Å². The van der Waals surface area contributed by atoms with Crippen molar-refractivity contribution in [2.45, 2.75) is 64.9 Å². The van der Waals surface area contributed by atoms with Gasteiger partial charge in [0.25, 0.3) is 0 Å². The van der Waals surface area contributed by atoms with E-state index in [-0.39, 0.29) is 12.1 Å². The van der Waals surface area contributed by atoms with E-state index < -0.39 is 0 Å². The second kappa shape index (κ2) is 12.4. The number of nitrogens with zero attached hydrogens (tertiary/aromatic N) is 1. The molecule has 3 rings (SSSR count). The zero-order valence-electron chi connectivity index (χ0n) is 20.4. The molecule has 1 aromatic rings. The van der Waals surface area contributed by atoms with Crippen LogP contribution in [0.1, 0.15) is 55.4 Å². The van der Waals surface area contributed by atoms with Crippen LogP contribution in [0.3, 0.4) is 0 Å². The van der Waals surface area contributed by atoms with Crippen molar-refractivity contribution < 1.29 is 14.3 Å². The van der Waals surface area contributed by atoms with Crippen LogP contribution in [0, 0.1) is 5.41 Å². The highest BCUT2D eigenvalue weighted by atomic mass is 32.2. The summed E-state index contributed by atoms with van der Waals surface area (Å²) in [5, 5.41) is 10.9. The topological polar surface area (TPSA) is 86.7 Å². The van der Waals surface area contributed by atoms with Crippen LogP contribution >= 0.6 is 11.9 Å². The summed E-state index contributed by atoms with van der Waals surface area (Å²) in [5.74, 6) is 0.603. The van der Waals surface area contributed by atoms with Crippen LogP contribution in [-0.2, 0) is 35.2 Å². The highest BCUT2D eigenvalue weighted by molar-refractivity contribution is 8.02. The average Bonchev–Trinajstić information content (AvgIpc) is 3.45. The number of carbonyl (C=O) groups excluding carboxylic acids is 1. The minimum absolute atomic E-state index is 0.00425. The number of amides is 2. The maximum absolute atomic E-state index is 12.7. The minimum atomic E-state index is -0.264. The van der Waals surface area contributed by atoms with Gasteiger partial charge in [-0.2, -0.15) is 0 Å². The van der Waals surface area contributed by atoms with E-state index in [1.54, 1.807) is 0 Å². The summed E-state index contributed by atoms with van der Waals surface area (Å²) < 4.78 is 14.6. The van der Waals surface area contributed by atoms with Crippen LogP contribution in [0.2, 0.25) is 0 Å². The van der Waals surface area contributed by atoms with Crippen LogP contribution < -0.4 is 10.0 Å². The smallest absolute Gasteiger partial charge is 0.329 e. The van der Waals surface area contributed by atoms with Gasteiger partial charge in [0.2, 0.25) is 0 Å². The van der Waals surface area contributed by atoms with Crippen molar-refractivity contribution in [1.29, 1.82) is 5.41 Å². The number of anilines is 1. The second-order valence-corrected chi connectivity index (χ2v) is 9.82. The minimum Gasteiger partial charge on any atom is -0.494 e. The highest BCUT2D eigenvalue weighted by Gasteiger charge is 2.25. The second-order valence-electron chi connectivity index (χ2n) is 8.97. The third-order valence-electron chi connectivity index (χ3n) is 6.28. The predicted octanol–water partition coefficient (Wildman–Crippen LogP) is 4.69. The number of hydrogen-bond acceptors (Lipinski definition) is 6. The first kappa shape index (κ1) is 25.6. The standard InChI is InChI=1S/C25H38N4O3S/c1-5-20(31-13-12-29(3)4)16-32-17(2)23(15-26)33-28-25(30)27-24-21-10-6-8-18(21)14-19-9-7-11-22(19)24/h14-15,20,26H,5-13,16H2,1-4H3,(H2,27,28,30)/b23-17-,26-15?. The third-order valence-corrected chi connectivity index (χ3v) is 7.19. The molecule has 2 aliphatic rings. The summed E-state index contributed by atoms with van der Waals surface area (Å²) in [4.78, 5) is 15.4. The van der Waals surface area contributed by atoms with E-state index in [0.29, 0.717) is 23.9 Å². The Morgan fingerprint density at radius 2 is 1.88 bits per heavy atom. The lowest BCUT2D eigenvalue weighted by Crippen LogP contribution is -2.26. The molecule has 0 bridgehead atoms. The summed E-state index contributed by atoms with van der Waals surface area (Å²) in [7, 11) is 4.03. The van der Waals surface area contributed by atoms with Crippen molar-refractivity contribution in [3.8, 4) is 0 Å². The molecule has 0 heterocycles. The van der Waals surface area contributed by atoms with E-state index in [1.807, 2.05) is 21.0 Å². The fourth-order valence-electron chi connectivity index (χ4n) is 4.39. The largest absolute Gasteiger partial charge is 0.494 e. The van der Waals surface area contributed by atoms with E-state index in [1.165, 1.54) is 28.5 Å². The maximum atomic E-state index is 12.7. The van der Waals surface area contributed by atoms with Crippen molar-refractivity contribution in [1.82, 2.24) is 9.62 Å². The van der Waals surface area contributed by atoms with Crippen molar-refractivity contribution in [3.63, 3.8) is 0 Å². The van der Waals surface area contributed by atoms with Gasteiger partial charge in [-0.05, 0) is 100 Å². The molecule has 2 amide bonds. The van der Waals surface area contributed by atoms with Crippen LogP contribution in [0.15, 0.2) is 16.7 Å². The number of hydrogen-bond donors (Lipinski definition) is 3. The van der Waals surface area contributed by atoms with Crippen molar-refractivity contribution in [3.05, 3.63) is 39.0 Å². The first-order chi connectivity index (χ1) is 15.9. The molecule has 1 atom stereocenters. The molecule has 0 spiro atoms. The molecule has 0 aliphatic heterocycles. The fourth-order valence-corrected chi connectivity index (χ4v) is 4.90. The molecule has 3 N–H and O–H groups in total. The van der Waals surface area contributed by atoms with Crippen molar-refractivity contribution in [2.24, 2.45) is 0 Å². The van der Waals surface area contributed by atoms with Crippen LogP contribution in [0.25, 0.3) is 0 Å². The quantitative estimate of drug-likeness (QED) is 0.232. The highest BCUT2D eigenvalue weighted by Crippen LogP contribution is 2.38. The zero-order valence-corrected chi connectivity index (χ0v) is 21.2. The maximum Gasteiger partial charge on any atom is 0.329 e. The lowest BCUT2D eigenvalue weighted by atomic mass is 9.99. The Bertz CT molecular complexity index is 853. The molecule has 1 unspecified atom stereocenters. The van der Waals surface area contributed by atoms with Gasteiger partial charge in [0.05, 0.1) is 17.6 Å². The monoisotopic (exact) mass is 474 g/mol. The number of carbonyl (C=O) groups is 1. The van der Waals surface area contributed by atoms with E-state index in [0.717, 1.165) is 69.1 Å². The number of fused-ring (bicyclic) bond motifs is 2. The number of likely N-dealkylation sites (N-methyl/N-ethyl adjacent to an activating group) is 1. The van der Waals surface area contributed by atoms with Gasteiger partial charge in [0.1, 0.15) is 12.4 Å². The molecule has 182 valence electrons. The molecule has 33 heavy (non-hydrogen) atoms. The Morgan fingerprint density at radius 3 is 2.45 bits per heavy atom. The number of benzene rings is 1. The molecule has 0 radical (unpaired) electrons. The van der Waals surface area contributed by atoms with Crippen molar-refractivity contribution in [2.75, 3.05) is 39.2 Å². The Labute approximate surface area is 202 Å². The van der Waals surface area contributed by atoms with Gasteiger partial charge < -0.3 is 25.1 Å². The van der Waals surface area contributed by atoms with E-state index in [2.05, 4.69) is 27.9 Å². The summed E-state index contributed by atoms with van der Waals surface area (Å²) in [6.07, 6.45) is 8.61. The number of nitrogens with one attached hydrogen (secondary N) is 3. The Balaban J connectivity index is 1.54. The van der Waals surface area contributed by atoms with Gasteiger partial charge in [-0.3, -0.25) is 4.72 Å². The molecule has 0 fully saturated rings. The Kier molecular flexibility index (Phi) is 9.64. The Hall–Kier alpha value is -2.03. The van der Waals surface area contributed by atoms with Crippen LogP contribution in [0.5, 0.6) is 0 Å². The summed E-state index contributed by atoms with van der Waals surface area (Å²) in [6, 6.07) is 2.09. The van der Waals surface area contributed by atoms with Gasteiger partial charge >= 0.3 is 6.03 Å². The van der Waals surface area contributed by atoms with Gasteiger partial charge in [0.15, 0.2) is 0 Å². The van der Waals surface area contributed by atoms with Crippen LogP contribution in [0.4, 0.5) is 10.5 Å². The molecule has 0 aromatic heterocycles. The van der Waals surface area contributed by atoms with E-state index in [9.17, 15) is 4.79 Å². The van der Waals surface area contributed by atoms with Gasteiger partial charge in [-0.25, -0.2) is 4.79 Å².